The number of piperidine rings is 1. The molecule has 0 radical (unpaired) electrons. The number of hydrogen-bond acceptors (Lipinski definition) is 5. The van der Waals surface area contributed by atoms with Crippen LogP contribution in [-0.2, 0) is 19.2 Å². The summed E-state index contributed by atoms with van der Waals surface area (Å²) in [7, 11) is 2.90. The summed E-state index contributed by atoms with van der Waals surface area (Å²) in [5.74, 6) is -1.01. The van der Waals surface area contributed by atoms with Crippen molar-refractivity contribution >= 4 is 17.4 Å². The molecule has 7 heteroatoms. The smallest absolute Gasteiger partial charge is 0.331 e. The Morgan fingerprint density at radius 2 is 1.77 bits per heavy atom. The van der Waals surface area contributed by atoms with E-state index < -0.39 is 11.5 Å². The van der Waals surface area contributed by atoms with E-state index in [0.717, 1.165) is 16.7 Å². The first-order valence-electron chi connectivity index (χ1n) is 10.2. The van der Waals surface area contributed by atoms with E-state index in [0.29, 0.717) is 31.5 Å². The summed E-state index contributed by atoms with van der Waals surface area (Å²) in [5.41, 5.74) is 2.31. The lowest BCUT2D eigenvalue weighted by Crippen LogP contribution is -2.60. The van der Waals surface area contributed by atoms with Crippen LogP contribution in [0.1, 0.15) is 38.7 Å². The fraction of sp³-hybridized carbons (Fsp3) is 0.417. The molecule has 1 saturated heterocycles. The van der Waals surface area contributed by atoms with Gasteiger partial charge in [-0.3, -0.25) is 4.79 Å². The van der Waals surface area contributed by atoms with Gasteiger partial charge in [0.25, 0.3) is 0 Å². The largest absolute Gasteiger partial charge is 0.467 e. The molecule has 1 aromatic rings. The minimum Gasteiger partial charge on any atom is -0.467 e. The van der Waals surface area contributed by atoms with Gasteiger partial charge in [0, 0.05) is 13.1 Å². The van der Waals surface area contributed by atoms with Crippen LogP contribution in [0, 0.1) is 5.82 Å². The van der Waals surface area contributed by atoms with Crippen LogP contribution in [0.5, 0.6) is 0 Å². The molecule has 1 aliphatic rings. The molecule has 0 atom stereocenters. The van der Waals surface area contributed by atoms with Crippen LogP contribution in [0.3, 0.4) is 0 Å². The van der Waals surface area contributed by atoms with Gasteiger partial charge in [0.1, 0.15) is 11.4 Å². The monoisotopic (exact) mass is 430 g/mol. The van der Waals surface area contributed by atoms with Gasteiger partial charge < -0.3 is 14.9 Å². The molecular formula is C24H31FN2O4. The van der Waals surface area contributed by atoms with E-state index >= 15 is 0 Å². The van der Waals surface area contributed by atoms with Gasteiger partial charge in [-0.25, -0.2) is 9.18 Å². The van der Waals surface area contributed by atoms with E-state index in [9.17, 15) is 14.0 Å². The molecular weight excluding hydrogens is 399 g/mol. The highest BCUT2D eigenvalue weighted by molar-refractivity contribution is 5.89. The predicted octanol–water partition coefficient (Wildman–Crippen LogP) is 3.81. The van der Waals surface area contributed by atoms with Crippen LogP contribution in [0.4, 0.5) is 4.39 Å². The van der Waals surface area contributed by atoms with Crippen molar-refractivity contribution in [2.75, 3.05) is 27.3 Å². The number of hydrogen-bond donors (Lipinski definition) is 1. The molecule has 1 amide bonds. The SMILES string of the molecule is C=C(CC(=O)NC1(C(=O)OC)CCN(OC)CC1)/C(C)=C\C=C(/C)c1ccc(F)cc1. The van der Waals surface area contributed by atoms with Crippen molar-refractivity contribution in [3.63, 3.8) is 0 Å². The summed E-state index contributed by atoms with van der Waals surface area (Å²) in [4.78, 5) is 30.3. The number of benzene rings is 1. The second kappa shape index (κ2) is 11.0. The Morgan fingerprint density at radius 1 is 1.16 bits per heavy atom. The van der Waals surface area contributed by atoms with Crippen molar-refractivity contribution in [1.82, 2.24) is 10.4 Å². The quantitative estimate of drug-likeness (QED) is 0.502. The van der Waals surface area contributed by atoms with Crippen molar-refractivity contribution in [3.05, 3.63) is 65.5 Å². The van der Waals surface area contributed by atoms with Crippen molar-refractivity contribution in [2.45, 2.75) is 38.6 Å². The average Bonchev–Trinajstić information content (AvgIpc) is 2.77. The molecule has 1 heterocycles. The maximum atomic E-state index is 13.1. The standard InChI is InChI=1S/C24H31FN2O4/c1-17(6-7-18(2)20-8-10-21(25)11-9-20)19(3)16-22(28)26-24(23(29)30-4)12-14-27(31-5)15-13-24/h6-11H,3,12-16H2,1-2,4-5H3,(H,26,28)/b17-6-,18-7+. The second-order valence-electron chi connectivity index (χ2n) is 7.72. The Hall–Kier alpha value is -2.77. The van der Waals surface area contributed by atoms with E-state index in [1.165, 1.54) is 19.2 Å². The van der Waals surface area contributed by atoms with Gasteiger partial charge in [-0.05, 0) is 61.1 Å². The van der Waals surface area contributed by atoms with Crippen LogP contribution < -0.4 is 5.32 Å². The zero-order chi connectivity index (χ0) is 23.0. The molecule has 0 unspecified atom stereocenters. The fourth-order valence-corrected chi connectivity index (χ4v) is 3.45. The third-order valence-electron chi connectivity index (χ3n) is 5.60. The van der Waals surface area contributed by atoms with Gasteiger partial charge in [0.15, 0.2) is 0 Å². The van der Waals surface area contributed by atoms with Crippen LogP contribution in [0.15, 0.2) is 54.1 Å². The number of carbonyl (C=O) groups excluding carboxylic acids is 2. The Labute approximate surface area is 183 Å². The molecule has 0 aliphatic carbocycles. The Balaban J connectivity index is 2.01. The zero-order valence-electron chi connectivity index (χ0n) is 18.7. The minimum absolute atomic E-state index is 0.0680. The van der Waals surface area contributed by atoms with E-state index in [1.54, 1.807) is 24.3 Å². The first-order valence-corrected chi connectivity index (χ1v) is 10.2. The lowest BCUT2D eigenvalue weighted by Gasteiger charge is -2.39. The van der Waals surface area contributed by atoms with Crippen molar-refractivity contribution < 1.29 is 23.6 Å². The van der Waals surface area contributed by atoms with E-state index in [1.807, 2.05) is 26.0 Å². The lowest BCUT2D eigenvalue weighted by atomic mass is 9.87. The predicted molar refractivity (Wildman–Crippen MR) is 118 cm³/mol. The number of methoxy groups -OCH3 is 1. The maximum Gasteiger partial charge on any atom is 0.331 e. The molecule has 31 heavy (non-hydrogen) atoms. The molecule has 0 spiro atoms. The number of nitrogens with one attached hydrogen (secondary N) is 1. The fourth-order valence-electron chi connectivity index (χ4n) is 3.45. The number of halogens is 1. The van der Waals surface area contributed by atoms with Gasteiger partial charge in [0.2, 0.25) is 5.91 Å². The number of allylic oxidation sites excluding steroid dienone is 4. The van der Waals surface area contributed by atoms with Gasteiger partial charge >= 0.3 is 5.97 Å². The Kier molecular flexibility index (Phi) is 8.71. The summed E-state index contributed by atoms with van der Waals surface area (Å²) in [6.07, 6.45) is 4.66. The molecule has 1 N–H and O–H groups in total. The summed E-state index contributed by atoms with van der Waals surface area (Å²) in [6, 6.07) is 6.27. The van der Waals surface area contributed by atoms with Crippen LogP contribution in [-0.4, -0.2) is 49.8 Å². The molecule has 0 bridgehead atoms. The van der Waals surface area contributed by atoms with Gasteiger partial charge in [-0.1, -0.05) is 30.9 Å². The summed E-state index contributed by atoms with van der Waals surface area (Å²) >= 11 is 0. The van der Waals surface area contributed by atoms with Crippen LogP contribution in [0.25, 0.3) is 5.57 Å². The average molecular weight is 431 g/mol. The first-order chi connectivity index (χ1) is 14.7. The number of nitrogens with zero attached hydrogens (tertiary/aromatic N) is 1. The highest BCUT2D eigenvalue weighted by atomic mass is 19.1. The topological polar surface area (TPSA) is 67.9 Å². The molecule has 1 fully saturated rings. The molecule has 168 valence electrons. The summed E-state index contributed by atoms with van der Waals surface area (Å²) in [6.45, 7) is 8.84. The van der Waals surface area contributed by atoms with E-state index in [2.05, 4.69) is 11.9 Å². The van der Waals surface area contributed by atoms with E-state index in [-0.39, 0.29) is 18.1 Å². The number of ether oxygens (including phenoxy) is 1. The number of esters is 1. The highest BCUT2D eigenvalue weighted by Crippen LogP contribution is 2.25. The zero-order valence-corrected chi connectivity index (χ0v) is 18.7. The maximum absolute atomic E-state index is 13.1. The molecule has 1 aromatic carbocycles. The van der Waals surface area contributed by atoms with E-state index in [4.69, 9.17) is 9.57 Å². The third kappa shape index (κ3) is 6.60. The number of rotatable bonds is 8. The normalized spacial score (nSPS) is 17.2. The summed E-state index contributed by atoms with van der Waals surface area (Å²) in [5, 5.41) is 4.62. The lowest BCUT2D eigenvalue weighted by molar-refractivity contribution is -0.171. The van der Waals surface area contributed by atoms with Crippen molar-refractivity contribution in [2.24, 2.45) is 0 Å². The van der Waals surface area contributed by atoms with Crippen LogP contribution in [0.2, 0.25) is 0 Å². The van der Waals surface area contributed by atoms with Crippen LogP contribution >= 0.6 is 0 Å². The number of amides is 1. The third-order valence-corrected chi connectivity index (χ3v) is 5.60. The van der Waals surface area contributed by atoms with Gasteiger partial charge in [-0.2, -0.15) is 5.06 Å². The van der Waals surface area contributed by atoms with Crippen molar-refractivity contribution in [1.29, 1.82) is 0 Å². The second-order valence-corrected chi connectivity index (χ2v) is 7.72. The Morgan fingerprint density at radius 3 is 2.32 bits per heavy atom. The number of carbonyl (C=O) groups is 2. The van der Waals surface area contributed by atoms with Crippen molar-refractivity contribution in [3.8, 4) is 0 Å². The first kappa shape index (κ1) is 24.5. The minimum atomic E-state index is -1.06. The molecule has 0 saturated carbocycles. The summed E-state index contributed by atoms with van der Waals surface area (Å²) < 4.78 is 18.0. The highest BCUT2D eigenvalue weighted by Gasteiger charge is 2.43. The molecule has 1 aliphatic heterocycles. The van der Waals surface area contributed by atoms with Gasteiger partial charge in [0.05, 0.1) is 20.6 Å². The van der Waals surface area contributed by atoms with Gasteiger partial charge in [-0.15, -0.1) is 0 Å². The number of hydroxylamine groups is 2. The molecule has 6 nitrogen and oxygen atoms in total. The Bertz CT molecular complexity index is 866. The molecule has 2 rings (SSSR count). The molecule has 0 aromatic heterocycles.